The minimum atomic E-state index is 0.00413. The molecule has 154 valence electrons. The van der Waals surface area contributed by atoms with Crippen LogP contribution in [0.2, 0.25) is 0 Å². The molecular weight excluding hydrogens is 378 g/mol. The summed E-state index contributed by atoms with van der Waals surface area (Å²) in [6.45, 7) is 1.61. The molecule has 0 bridgehead atoms. The third-order valence-electron chi connectivity index (χ3n) is 6.35. The normalized spacial score (nSPS) is 25.1. The largest absolute Gasteiger partial charge is 0.490 e. The van der Waals surface area contributed by atoms with Crippen molar-refractivity contribution < 1.29 is 14.3 Å². The molecule has 1 N–H and O–H groups in total. The lowest BCUT2D eigenvalue weighted by Crippen LogP contribution is -2.29. The van der Waals surface area contributed by atoms with Gasteiger partial charge in [0.25, 0.3) is 0 Å². The number of ether oxygens (including phenoxy) is 1. The van der Waals surface area contributed by atoms with Crippen LogP contribution in [-0.2, 0) is 16.0 Å². The molecule has 0 radical (unpaired) electrons. The van der Waals surface area contributed by atoms with Crippen LogP contribution in [0.5, 0.6) is 5.75 Å². The molecule has 30 heavy (non-hydrogen) atoms. The maximum absolute atomic E-state index is 12.7. The van der Waals surface area contributed by atoms with Gasteiger partial charge in [-0.1, -0.05) is 18.2 Å². The Morgan fingerprint density at radius 1 is 1.13 bits per heavy atom. The van der Waals surface area contributed by atoms with Gasteiger partial charge >= 0.3 is 0 Å². The van der Waals surface area contributed by atoms with E-state index in [-0.39, 0.29) is 17.9 Å². The molecule has 1 aliphatic carbocycles. The second-order valence-corrected chi connectivity index (χ2v) is 8.45. The van der Waals surface area contributed by atoms with Crippen molar-refractivity contribution >= 4 is 23.7 Å². The Balaban J connectivity index is 1.16. The molecule has 1 unspecified atom stereocenters. The van der Waals surface area contributed by atoms with Crippen molar-refractivity contribution in [2.45, 2.75) is 31.8 Å². The molecule has 2 fully saturated rings. The van der Waals surface area contributed by atoms with Gasteiger partial charge in [0.2, 0.25) is 11.8 Å². The summed E-state index contributed by atoms with van der Waals surface area (Å²) in [5.74, 6) is 2.65. The molecule has 2 aromatic rings. The van der Waals surface area contributed by atoms with E-state index in [9.17, 15) is 9.59 Å². The topological polar surface area (TPSA) is 71.5 Å². The van der Waals surface area contributed by atoms with Crippen LogP contribution in [0.25, 0.3) is 6.08 Å². The van der Waals surface area contributed by atoms with Gasteiger partial charge < -0.3 is 15.0 Å². The highest BCUT2D eigenvalue weighted by Gasteiger charge is 2.42. The van der Waals surface area contributed by atoms with Gasteiger partial charge in [0, 0.05) is 31.8 Å². The van der Waals surface area contributed by atoms with E-state index in [2.05, 4.69) is 10.3 Å². The number of nitrogens with one attached hydrogen (secondary N) is 1. The average molecular weight is 403 g/mol. The summed E-state index contributed by atoms with van der Waals surface area (Å²) in [5.41, 5.74) is 1.90. The summed E-state index contributed by atoms with van der Waals surface area (Å²) in [7, 11) is 0. The zero-order valence-electron chi connectivity index (χ0n) is 16.8. The Bertz CT molecular complexity index is 974. The average Bonchev–Trinajstić information content (AvgIpc) is 3.31. The van der Waals surface area contributed by atoms with Crippen LogP contribution in [0, 0.1) is 11.8 Å². The molecular formula is C24H25N3O3. The van der Waals surface area contributed by atoms with Gasteiger partial charge in [-0.05, 0) is 66.5 Å². The highest BCUT2D eigenvalue weighted by atomic mass is 16.5. The van der Waals surface area contributed by atoms with E-state index in [1.54, 1.807) is 12.3 Å². The van der Waals surface area contributed by atoms with Gasteiger partial charge in [0.1, 0.15) is 11.6 Å². The molecule has 1 saturated heterocycles. The van der Waals surface area contributed by atoms with E-state index in [1.807, 2.05) is 47.4 Å². The van der Waals surface area contributed by atoms with Crippen LogP contribution in [0.3, 0.4) is 0 Å². The van der Waals surface area contributed by atoms with Gasteiger partial charge in [-0.15, -0.1) is 0 Å². The van der Waals surface area contributed by atoms with Gasteiger partial charge in [-0.3, -0.25) is 9.59 Å². The molecule has 6 nitrogen and oxygen atoms in total. The van der Waals surface area contributed by atoms with Crippen LogP contribution >= 0.6 is 0 Å². The lowest BCUT2D eigenvalue weighted by Gasteiger charge is -2.19. The standard InChI is InChI=1S/C24H25N3O3/c28-22-8-7-17-10-16(13-25-24(17)26-22)6-9-23(29)27-14-18-11-21(12-19(18)15-27)30-20-4-2-1-3-5-20/h1-6,9-10,13,18-19,21H,7-8,11-12,14-15H2,(H,25,26,28)/b9-6+/t18-,19+,21?. The quantitative estimate of drug-likeness (QED) is 0.795. The first kappa shape index (κ1) is 18.9. The number of pyridine rings is 1. The number of aromatic nitrogens is 1. The fourth-order valence-electron chi connectivity index (χ4n) is 4.85. The SMILES string of the molecule is O=C1CCc2cc(/C=C/C(=O)N3C[C@H]4CC(Oc5ccccc5)C[C@H]4C3)cnc2N1. The Kier molecular flexibility index (Phi) is 4.99. The minimum Gasteiger partial charge on any atom is -0.490 e. The zero-order valence-corrected chi connectivity index (χ0v) is 16.8. The number of para-hydroxylation sites is 1. The van der Waals surface area contributed by atoms with E-state index in [0.717, 1.165) is 42.8 Å². The van der Waals surface area contributed by atoms with Gasteiger partial charge in [0.15, 0.2) is 0 Å². The second kappa shape index (κ2) is 7.94. The number of hydrogen-bond acceptors (Lipinski definition) is 4. The van der Waals surface area contributed by atoms with Gasteiger partial charge in [0.05, 0.1) is 6.10 Å². The first-order valence-corrected chi connectivity index (χ1v) is 10.6. The van der Waals surface area contributed by atoms with Gasteiger partial charge in [-0.25, -0.2) is 4.98 Å². The van der Waals surface area contributed by atoms with Crippen molar-refractivity contribution in [3.8, 4) is 5.75 Å². The van der Waals surface area contributed by atoms with Crippen molar-refractivity contribution in [3.05, 3.63) is 59.8 Å². The molecule has 3 aliphatic rings. The molecule has 6 heteroatoms. The number of nitrogens with zero attached hydrogens (tertiary/aromatic N) is 2. The van der Waals surface area contributed by atoms with E-state index in [4.69, 9.17) is 4.74 Å². The summed E-state index contributed by atoms with van der Waals surface area (Å²) in [4.78, 5) is 30.4. The Morgan fingerprint density at radius 3 is 2.67 bits per heavy atom. The van der Waals surface area contributed by atoms with E-state index in [0.29, 0.717) is 30.5 Å². The number of carbonyl (C=O) groups is 2. The number of fused-ring (bicyclic) bond motifs is 2. The van der Waals surface area contributed by atoms with Crippen molar-refractivity contribution in [1.29, 1.82) is 0 Å². The Hall–Kier alpha value is -3.15. The van der Waals surface area contributed by atoms with Crippen LogP contribution in [0.4, 0.5) is 5.82 Å². The maximum atomic E-state index is 12.7. The van der Waals surface area contributed by atoms with Crippen LogP contribution in [-0.4, -0.2) is 40.9 Å². The molecule has 5 rings (SSSR count). The number of hydrogen-bond donors (Lipinski definition) is 1. The predicted octanol–water partition coefficient (Wildman–Crippen LogP) is 3.30. The Labute approximate surface area is 175 Å². The number of amides is 2. The summed E-state index contributed by atoms with van der Waals surface area (Å²) in [5, 5.41) is 2.78. The molecule has 1 saturated carbocycles. The summed E-state index contributed by atoms with van der Waals surface area (Å²) >= 11 is 0. The number of aryl methyl sites for hydroxylation is 1. The lowest BCUT2D eigenvalue weighted by molar-refractivity contribution is -0.125. The fraction of sp³-hybridized carbons (Fsp3) is 0.375. The van der Waals surface area contributed by atoms with Crippen LogP contribution < -0.4 is 10.1 Å². The summed E-state index contributed by atoms with van der Waals surface area (Å²) in [6, 6.07) is 12.0. The lowest BCUT2D eigenvalue weighted by atomic mass is 10.0. The first-order chi connectivity index (χ1) is 14.6. The maximum Gasteiger partial charge on any atom is 0.246 e. The second-order valence-electron chi connectivity index (χ2n) is 8.45. The summed E-state index contributed by atoms with van der Waals surface area (Å²) in [6.07, 6.45) is 8.58. The van der Waals surface area contributed by atoms with Crippen molar-refractivity contribution in [2.75, 3.05) is 18.4 Å². The van der Waals surface area contributed by atoms with Crippen LogP contribution in [0.1, 0.15) is 30.4 Å². The van der Waals surface area contributed by atoms with Crippen LogP contribution in [0.15, 0.2) is 48.7 Å². The molecule has 1 aromatic heterocycles. The highest BCUT2D eigenvalue weighted by Crippen LogP contribution is 2.39. The number of benzene rings is 1. The van der Waals surface area contributed by atoms with Crippen molar-refractivity contribution in [2.24, 2.45) is 11.8 Å². The number of rotatable bonds is 4. The Morgan fingerprint density at radius 2 is 1.90 bits per heavy atom. The minimum absolute atomic E-state index is 0.00413. The van der Waals surface area contributed by atoms with Crippen molar-refractivity contribution in [1.82, 2.24) is 9.88 Å². The summed E-state index contributed by atoms with van der Waals surface area (Å²) < 4.78 is 6.11. The first-order valence-electron chi connectivity index (χ1n) is 10.6. The monoisotopic (exact) mass is 403 g/mol. The molecule has 2 amide bonds. The predicted molar refractivity (Wildman–Crippen MR) is 114 cm³/mol. The van der Waals surface area contributed by atoms with Crippen molar-refractivity contribution in [3.63, 3.8) is 0 Å². The fourth-order valence-corrected chi connectivity index (χ4v) is 4.85. The number of anilines is 1. The molecule has 3 atom stereocenters. The third-order valence-corrected chi connectivity index (χ3v) is 6.35. The number of likely N-dealkylation sites (tertiary alicyclic amines) is 1. The molecule has 0 spiro atoms. The van der Waals surface area contributed by atoms with E-state index < -0.39 is 0 Å². The van der Waals surface area contributed by atoms with E-state index in [1.165, 1.54) is 0 Å². The molecule has 3 heterocycles. The smallest absolute Gasteiger partial charge is 0.246 e. The third kappa shape index (κ3) is 3.95. The number of carbonyl (C=O) groups excluding carboxylic acids is 2. The highest BCUT2D eigenvalue weighted by molar-refractivity contribution is 5.94. The molecule has 1 aromatic carbocycles. The zero-order chi connectivity index (χ0) is 20.5. The van der Waals surface area contributed by atoms with Gasteiger partial charge in [-0.2, -0.15) is 0 Å². The molecule has 2 aliphatic heterocycles. The van der Waals surface area contributed by atoms with E-state index >= 15 is 0 Å².